The lowest BCUT2D eigenvalue weighted by Crippen LogP contribution is -2.39. The summed E-state index contributed by atoms with van der Waals surface area (Å²) < 4.78 is 11.4. The number of aromatic nitrogens is 2. The van der Waals surface area contributed by atoms with Gasteiger partial charge in [0, 0.05) is 5.41 Å². The van der Waals surface area contributed by atoms with Gasteiger partial charge in [-0.2, -0.15) is 4.98 Å². The van der Waals surface area contributed by atoms with Gasteiger partial charge in [-0.25, -0.2) is 0 Å². The van der Waals surface area contributed by atoms with E-state index in [0.717, 1.165) is 18.6 Å². The second kappa shape index (κ2) is 7.70. The molecule has 0 spiro atoms. The monoisotopic (exact) mass is 391 g/mol. The van der Waals surface area contributed by atoms with Gasteiger partial charge in [0.15, 0.2) is 5.82 Å². The van der Waals surface area contributed by atoms with Crippen LogP contribution in [0.2, 0.25) is 0 Å². The second-order valence-electron chi connectivity index (χ2n) is 8.35. The van der Waals surface area contributed by atoms with Crippen molar-refractivity contribution >= 4 is 5.91 Å². The Balaban J connectivity index is 1.52. The Morgan fingerprint density at radius 1 is 1.10 bits per heavy atom. The molecule has 6 nitrogen and oxygen atoms in total. The summed E-state index contributed by atoms with van der Waals surface area (Å²) in [5.74, 6) is 1.68. The molecule has 1 aliphatic rings. The molecular formula is C23H25N3O3. The number of hydrogen-bond acceptors (Lipinski definition) is 5. The Hall–Kier alpha value is -3.15. The summed E-state index contributed by atoms with van der Waals surface area (Å²) in [4.78, 5) is 17.5. The van der Waals surface area contributed by atoms with Crippen molar-refractivity contribution in [1.82, 2.24) is 15.5 Å². The first-order valence-electron chi connectivity index (χ1n) is 9.87. The standard InChI is InChI=1S/C23H25N3O3/c1-23(2,3)22-25-21(29-26-22)18-10-6-5-9-17(18)20(27)24-16-13-12-15-8-4-7-11-19(15)28-14-16/h4-11,16H,12-14H2,1-3H3,(H,24,27). The molecule has 1 aromatic heterocycles. The van der Waals surface area contributed by atoms with Crippen LogP contribution in [0.25, 0.3) is 11.5 Å². The third-order valence-corrected chi connectivity index (χ3v) is 5.01. The van der Waals surface area contributed by atoms with E-state index in [4.69, 9.17) is 9.26 Å². The average molecular weight is 391 g/mol. The number of carbonyl (C=O) groups excluding carboxylic acids is 1. The number of hydrogen-bond donors (Lipinski definition) is 1. The Labute approximate surface area is 170 Å². The Bertz CT molecular complexity index is 993. The molecule has 1 unspecified atom stereocenters. The molecule has 0 saturated carbocycles. The van der Waals surface area contributed by atoms with E-state index in [1.807, 2.05) is 57.2 Å². The Morgan fingerprint density at radius 3 is 2.66 bits per heavy atom. The number of aryl methyl sites for hydroxylation is 1. The van der Waals surface area contributed by atoms with E-state index in [1.165, 1.54) is 5.56 Å². The fourth-order valence-corrected chi connectivity index (χ4v) is 3.34. The highest BCUT2D eigenvalue weighted by atomic mass is 16.5. The molecule has 1 aliphatic heterocycles. The van der Waals surface area contributed by atoms with Crippen LogP contribution in [0.1, 0.15) is 48.9 Å². The molecule has 6 heteroatoms. The van der Waals surface area contributed by atoms with Gasteiger partial charge in [0.05, 0.1) is 17.2 Å². The maximum Gasteiger partial charge on any atom is 0.258 e. The van der Waals surface area contributed by atoms with E-state index in [-0.39, 0.29) is 17.4 Å². The van der Waals surface area contributed by atoms with Gasteiger partial charge in [-0.1, -0.05) is 56.3 Å². The molecule has 2 heterocycles. The van der Waals surface area contributed by atoms with Crippen molar-refractivity contribution in [3.8, 4) is 17.2 Å². The minimum absolute atomic E-state index is 0.0734. The molecule has 1 atom stereocenters. The van der Waals surface area contributed by atoms with Gasteiger partial charge < -0.3 is 14.6 Å². The number of nitrogens with zero attached hydrogens (tertiary/aromatic N) is 2. The van der Waals surface area contributed by atoms with Crippen LogP contribution >= 0.6 is 0 Å². The van der Waals surface area contributed by atoms with Crippen LogP contribution in [-0.2, 0) is 11.8 Å². The largest absolute Gasteiger partial charge is 0.491 e. The Kier molecular flexibility index (Phi) is 5.09. The smallest absolute Gasteiger partial charge is 0.258 e. The average Bonchev–Trinajstić information content (AvgIpc) is 3.13. The summed E-state index contributed by atoms with van der Waals surface area (Å²) in [6.07, 6.45) is 1.68. The highest BCUT2D eigenvalue weighted by Gasteiger charge is 2.25. The quantitative estimate of drug-likeness (QED) is 0.725. The van der Waals surface area contributed by atoms with Crippen LogP contribution in [0.4, 0.5) is 0 Å². The molecule has 2 aromatic carbocycles. The SMILES string of the molecule is CC(C)(C)c1noc(-c2ccccc2C(=O)NC2CCc3ccccc3OC2)n1. The number of fused-ring (bicyclic) bond motifs is 1. The minimum atomic E-state index is -0.231. The first kappa shape index (κ1) is 19.2. The molecule has 0 bridgehead atoms. The summed E-state index contributed by atoms with van der Waals surface area (Å²) in [5.41, 5.74) is 2.08. The third-order valence-electron chi connectivity index (χ3n) is 5.01. The topological polar surface area (TPSA) is 77.2 Å². The third kappa shape index (κ3) is 4.16. The van der Waals surface area contributed by atoms with Crippen molar-refractivity contribution in [2.24, 2.45) is 0 Å². The number of nitrogens with one attached hydrogen (secondary N) is 1. The minimum Gasteiger partial charge on any atom is -0.491 e. The lowest BCUT2D eigenvalue weighted by Gasteiger charge is -2.17. The van der Waals surface area contributed by atoms with E-state index < -0.39 is 0 Å². The van der Waals surface area contributed by atoms with Crippen LogP contribution in [0.15, 0.2) is 53.1 Å². The zero-order valence-corrected chi connectivity index (χ0v) is 16.9. The summed E-state index contributed by atoms with van der Waals surface area (Å²) in [5, 5.41) is 7.18. The van der Waals surface area contributed by atoms with Crippen molar-refractivity contribution < 1.29 is 14.1 Å². The zero-order valence-electron chi connectivity index (χ0n) is 16.9. The summed E-state index contributed by atoms with van der Waals surface area (Å²) in [6.45, 7) is 6.50. The van der Waals surface area contributed by atoms with Crippen LogP contribution in [-0.4, -0.2) is 28.7 Å². The molecule has 29 heavy (non-hydrogen) atoms. The molecule has 0 saturated heterocycles. The van der Waals surface area contributed by atoms with Crippen molar-refractivity contribution in [1.29, 1.82) is 0 Å². The highest BCUT2D eigenvalue weighted by molar-refractivity contribution is 6.00. The van der Waals surface area contributed by atoms with E-state index in [1.54, 1.807) is 6.07 Å². The van der Waals surface area contributed by atoms with Crippen LogP contribution in [0.5, 0.6) is 5.75 Å². The number of carbonyl (C=O) groups is 1. The molecule has 150 valence electrons. The predicted octanol–water partition coefficient (Wildman–Crippen LogP) is 4.16. The maximum absolute atomic E-state index is 13.0. The highest BCUT2D eigenvalue weighted by Crippen LogP contribution is 2.27. The lowest BCUT2D eigenvalue weighted by molar-refractivity contribution is 0.0921. The summed E-state index contributed by atoms with van der Waals surface area (Å²) in [6, 6.07) is 15.2. The van der Waals surface area contributed by atoms with Gasteiger partial charge in [-0.05, 0) is 36.6 Å². The van der Waals surface area contributed by atoms with Gasteiger partial charge in [0.1, 0.15) is 12.4 Å². The van der Waals surface area contributed by atoms with E-state index in [2.05, 4.69) is 21.5 Å². The second-order valence-corrected chi connectivity index (χ2v) is 8.35. The van der Waals surface area contributed by atoms with Crippen molar-refractivity contribution in [3.05, 3.63) is 65.5 Å². The first-order chi connectivity index (χ1) is 13.9. The Morgan fingerprint density at radius 2 is 1.86 bits per heavy atom. The lowest BCUT2D eigenvalue weighted by atomic mass is 9.96. The van der Waals surface area contributed by atoms with Crippen molar-refractivity contribution in [2.45, 2.75) is 45.1 Å². The predicted molar refractivity (Wildman–Crippen MR) is 110 cm³/mol. The maximum atomic E-state index is 13.0. The molecule has 3 aromatic rings. The summed E-state index contributed by atoms with van der Waals surface area (Å²) >= 11 is 0. The number of amides is 1. The molecular weight excluding hydrogens is 366 g/mol. The van der Waals surface area contributed by atoms with Gasteiger partial charge in [-0.3, -0.25) is 4.79 Å². The normalized spacial score (nSPS) is 16.4. The summed E-state index contributed by atoms with van der Waals surface area (Å²) in [7, 11) is 0. The molecule has 0 aliphatic carbocycles. The van der Waals surface area contributed by atoms with Gasteiger partial charge in [0.25, 0.3) is 11.8 Å². The fourth-order valence-electron chi connectivity index (χ4n) is 3.34. The molecule has 1 N–H and O–H groups in total. The number of para-hydroxylation sites is 1. The number of rotatable bonds is 3. The van der Waals surface area contributed by atoms with E-state index >= 15 is 0 Å². The van der Waals surface area contributed by atoms with Crippen LogP contribution in [0, 0.1) is 0 Å². The molecule has 4 rings (SSSR count). The van der Waals surface area contributed by atoms with Crippen LogP contribution < -0.4 is 10.1 Å². The number of benzene rings is 2. The van der Waals surface area contributed by atoms with Crippen molar-refractivity contribution in [3.63, 3.8) is 0 Å². The fraction of sp³-hybridized carbons (Fsp3) is 0.348. The molecule has 0 fully saturated rings. The van der Waals surface area contributed by atoms with E-state index in [9.17, 15) is 4.79 Å². The zero-order chi connectivity index (χ0) is 20.4. The van der Waals surface area contributed by atoms with Gasteiger partial charge >= 0.3 is 0 Å². The molecule has 1 amide bonds. The van der Waals surface area contributed by atoms with Crippen LogP contribution in [0.3, 0.4) is 0 Å². The van der Waals surface area contributed by atoms with E-state index in [0.29, 0.717) is 29.4 Å². The molecule has 0 radical (unpaired) electrons. The first-order valence-corrected chi connectivity index (χ1v) is 9.87. The van der Waals surface area contributed by atoms with Gasteiger partial charge in [-0.15, -0.1) is 0 Å². The van der Waals surface area contributed by atoms with Crippen molar-refractivity contribution in [2.75, 3.05) is 6.61 Å². The number of ether oxygens (including phenoxy) is 1. The van der Waals surface area contributed by atoms with Gasteiger partial charge in [0.2, 0.25) is 0 Å².